The third kappa shape index (κ3) is 3.69. The molecule has 2 amide bonds. The number of fused-ring (bicyclic) bond motifs is 2. The lowest BCUT2D eigenvalue weighted by atomic mass is 10.1. The number of benzene rings is 1. The molecule has 0 aliphatic rings. The molecular weight excluding hydrogens is 396 g/mol. The largest absolute Gasteiger partial charge is 0.289 e. The van der Waals surface area contributed by atoms with E-state index in [2.05, 4.69) is 30.8 Å². The maximum Gasteiger partial charge on any atom is 0.258 e. The van der Waals surface area contributed by atoms with Crippen LogP contribution in [0.2, 0.25) is 0 Å². The van der Waals surface area contributed by atoms with Crippen LogP contribution in [0.4, 0.5) is 11.9 Å². The van der Waals surface area contributed by atoms with Crippen molar-refractivity contribution in [2.45, 2.75) is 6.92 Å². The van der Waals surface area contributed by atoms with Gasteiger partial charge in [0.25, 0.3) is 11.8 Å². The fraction of sp³-hybridized carbons (Fsp3) is 0.0476. The van der Waals surface area contributed by atoms with Crippen LogP contribution in [0.15, 0.2) is 67.0 Å². The van der Waals surface area contributed by atoms with Crippen molar-refractivity contribution in [2.24, 2.45) is 0 Å². The maximum absolute atomic E-state index is 12.7. The van der Waals surface area contributed by atoms with Gasteiger partial charge >= 0.3 is 0 Å². The molecule has 0 spiro atoms. The smallest absolute Gasteiger partial charge is 0.258 e. The molecule has 5 aromatic rings. The van der Waals surface area contributed by atoms with Gasteiger partial charge in [-0.05, 0) is 55.0 Å². The lowest BCUT2D eigenvalue weighted by Gasteiger charge is -2.07. The van der Waals surface area contributed by atoms with E-state index in [0.717, 1.165) is 5.56 Å². The zero-order chi connectivity index (χ0) is 21.4. The van der Waals surface area contributed by atoms with Crippen LogP contribution in [-0.2, 0) is 0 Å². The van der Waals surface area contributed by atoms with Gasteiger partial charge in [0.05, 0.1) is 0 Å². The summed E-state index contributed by atoms with van der Waals surface area (Å²) < 4.78 is 3.12. The van der Waals surface area contributed by atoms with E-state index < -0.39 is 11.8 Å². The zero-order valence-corrected chi connectivity index (χ0v) is 16.4. The van der Waals surface area contributed by atoms with Crippen LogP contribution in [-0.4, -0.2) is 41.0 Å². The minimum absolute atomic E-state index is 0.178. The molecule has 0 aliphatic carbocycles. The number of hydrogen-bond donors (Lipinski definition) is 2. The number of carbonyl (C=O) groups is 2. The third-order valence-corrected chi connectivity index (χ3v) is 4.54. The number of rotatable bonds is 4. The predicted molar refractivity (Wildman–Crippen MR) is 113 cm³/mol. The second-order valence-corrected chi connectivity index (χ2v) is 6.87. The van der Waals surface area contributed by atoms with Crippen molar-refractivity contribution in [3.8, 4) is 0 Å². The Bertz CT molecular complexity index is 1280. The highest BCUT2D eigenvalue weighted by Crippen LogP contribution is 2.14. The molecule has 10 nitrogen and oxygen atoms in total. The van der Waals surface area contributed by atoms with Crippen molar-refractivity contribution in [1.29, 1.82) is 0 Å². The first-order valence-corrected chi connectivity index (χ1v) is 9.42. The summed E-state index contributed by atoms with van der Waals surface area (Å²) in [4.78, 5) is 34.0. The quantitative estimate of drug-likeness (QED) is 0.468. The van der Waals surface area contributed by atoms with E-state index in [9.17, 15) is 9.59 Å². The lowest BCUT2D eigenvalue weighted by Crippen LogP contribution is -2.17. The molecule has 31 heavy (non-hydrogen) atoms. The molecular formula is C21H16N8O2. The number of amides is 2. The van der Waals surface area contributed by atoms with Gasteiger partial charge in [-0.2, -0.15) is 9.97 Å². The fourth-order valence-corrected chi connectivity index (χ4v) is 3.16. The summed E-state index contributed by atoms with van der Waals surface area (Å²) in [5.74, 6) is -0.478. The van der Waals surface area contributed by atoms with E-state index in [1.54, 1.807) is 52.6 Å². The van der Waals surface area contributed by atoms with Crippen LogP contribution in [0.5, 0.6) is 0 Å². The van der Waals surface area contributed by atoms with Crippen LogP contribution >= 0.6 is 0 Å². The Morgan fingerprint density at radius 3 is 1.68 bits per heavy atom. The highest BCUT2D eigenvalue weighted by atomic mass is 16.2. The number of pyridine rings is 2. The molecule has 0 unspecified atom stereocenters. The Morgan fingerprint density at radius 2 is 1.23 bits per heavy atom. The van der Waals surface area contributed by atoms with E-state index in [4.69, 9.17) is 0 Å². The first kappa shape index (κ1) is 18.4. The number of anilines is 2. The van der Waals surface area contributed by atoms with Gasteiger partial charge in [-0.25, -0.2) is 9.03 Å². The minimum Gasteiger partial charge on any atom is -0.289 e. The molecule has 0 radical (unpaired) electrons. The average molecular weight is 412 g/mol. The monoisotopic (exact) mass is 412 g/mol. The highest BCUT2D eigenvalue weighted by Gasteiger charge is 2.16. The summed E-state index contributed by atoms with van der Waals surface area (Å²) in [7, 11) is 0. The molecule has 0 aliphatic heterocycles. The van der Waals surface area contributed by atoms with Gasteiger partial charge in [-0.15, -0.1) is 10.2 Å². The van der Waals surface area contributed by atoms with Crippen molar-refractivity contribution >= 4 is 35.0 Å². The molecule has 152 valence electrons. The van der Waals surface area contributed by atoms with E-state index >= 15 is 0 Å². The van der Waals surface area contributed by atoms with E-state index in [1.165, 1.54) is 6.07 Å². The molecule has 0 atom stereocenters. The van der Waals surface area contributed by atoms with Gasteiger partial charge in [-0.3, -0.25) is 20.2 Å². The number of nitrogens with zero attached hydrogens (tertiary/aromatic N) is 6. The van der Waals surface area contributed by atoms with Gasteiger partial charge in [0.1, 0.15) is 0 Å². The van der Waals surface area contributed by atoms with Crippen molar-refractivity contribution in [3.63, 3.8) is 0 Å². The molecule has 4 heterocycles. The van der Waals surface area contributed by atoms with Gasteiger partial charge in [0.15, 0.2) is 11.3 Å². The van der Waals surface area contributed by atoms with Gasteiger partial charge in [0, 0.05) is 23.5 Å². The van der Waals surface area contributed by atoms with Crippen LogP contribution in [0, 0.1) is 6.92 Å². The number of nitrogens with one attached hydrogen (secondary N) is 2. The van der Waals surface area contributed by atoms with Crippen molar-refractivity contribution in [2.75, 3.05) is 10.6 Å². The molecule has 5 rings (SSSR count). The van der Waals surface area contributed by atoms with E-state index in [1.807, 2.05) is 24.3 Å². The summed E-state index contributed by atoms with van der Waals surface area (Å²) in [6.45, 7) is 1.81. The minimum atomic E-state index is -0.417. The van der Waals surface area contributed by atoms with Gasteiger partial charge in [0.2, 0.25) is 11.9 Å². The highest BCUT2D eigenvalue weighted by molar-refractivity contribution is 6.08. The van der Waals surface area contributed by atoms with Crippen LogP contribution < -0.4 is 10.6 Å². The molecule has 4 aromatic heterocycles. The Hall–Kier alpha value is -4.60. The standard InChI is InChI=1S/C21H16N8O2/c1-13-10-14(18(30)24-20-22-16-6-2-4-8-28(16)26-20)12-15(11-13)19(31)25-21-23-17-7-3-5-9-29(17)27-21/h2-12H,1H3,(H,24,26,30)(H,25,27,31). The zero-order valence-electron chi connectivity index (χ0n) is 16.4. The van der Waals surface area contributed by atoms with Crippen LogP contribution in [0.3, 0.4) is 0 Å². The van der Waals surface area contributed by atoms with Crippen molar-refractivity contribution in [3.05, 3.63) is 83.7 Å². The number of hydrogen-bond acceptors (Lipinski definition) is 6. The summed E-state index contributed by atoms with van der Waals surface area (Å²) >= 11 is 0. The third-order valence-electron chi connectivity index (χ3n) is 4.54. The van der Waals surface area contributed by atoms with E-state index in [0.29, 0.717) is 22.4 Å². The molecule has 0 saturated carbocycles. The average Bonchev–Trinajstić information content (AvgIpc) is 3.35. The summed E-state index contributed by atoms with van der Waals surface area (Å²) in [5.41, 5.74) is 2.60. The van der Waals surface area contributed by atoms with Crippen LogP contribution in [0.25, 0.3) is 11.3 Å². The first-order valence-electron chi connectivity index (χ1n) is 9.42. The van der Waals surface area contributed by atoms with E-state index in [-0.39, 0.29) is 11.9 Å². The summed E-state index contributed by atoms with van der Waals surface area (Å²) in [6, 6.07) is 15.7. The molecule has 10 heteroatoms. The number of aromatic nitrogens is 6. The summed E-state index contributed by atoms with van der Waals surface area (Å²) in [6.07, 6.45) is 3.47. The van der Waals surface area contributed by atoms with Crippen molar-refractivity contribution in [1.82, 2.24) is 29.2 Å². The Balaban J connectivity index is 1.37. The fourth-order valence-electron chi connectivity index (χ4n) is 3.16. The van der Waals surface area contributed by atoms with Crippen LogP contribution in [0.1, 0.15) is 26.3 Å². The van der Waals surface area contributed by atoms with Crippen molar-refractivity contribution < 1.29 is 9.59 Å². The lowest BCUT2D eigenvalue weighted by molar-refractivity contribution is 0.102. The second-order valence-electron chi connectivity index (χ2n) is 6.87. The Kier molecular flexibility index (Phi) is 4.36. The Labute approximate surface area is 175 Å². The molecule has 2 N–H and O–H groups in total. The predicted octanol–water partition coefficient (Wildman–Crippen LogP) is 2.59. The molecule has 0 bridgehead atoms. The second kappa shape index (κ2) is 7.34. The molecule has 0 fully saturated rings. The number of aryl methyl sites for hydroxylation is 1. The summed E-state index contributed by atoms with van der Waals surface area (Å²) in [5, 5.41) is 13.8. The molecule has 1 aromatic carbocycles. The SMILES string of the molecule is Cc1cc(C(=O)Nc2nc3ccccn3n2)cc(C(=O)Nc2nc3ccccn3n2)c1. The van der Waals surface area contributed by atoms with Gasteiger partial charge in [-0.1, -0.05) is 12.1 Å². The number of carbonyl (C=O) groups excluding carboxylic acids is 2. The molecule has 0 saturated heterocycles. The first-order chi connectivity index (χ1) is 15.0. The Morgan fingerprint density at radius 1 is 0.742 bits per heavy atom. The van der Waals surface area contributed by atoms with Gasteiger partial charge < -0.3 is 0 Å². The topological polar surface area (TPSA) is 119 Å². The maximum atomic E-state index is 12.7. The normalized spacial score (nSPS) is 11.0.